The first kappa shape index (κ1) is 13.7. The van der Waals surface area contributed by atoms with E-state index in [9.17, 15) is 0 Å². The van der Waals surface area contributed by atoms with Crippen molar-refractivity contribution >= 4 is 17.6 Å². The smallest absolute Gasteiger partial charge is 0.414 e. The molecule has 0 amide bonds. The second-order valence-electron chi connectivity index (χ2n) is 3.55. The molecule has 96 valence electrons. The Bertz CT molecular complexity index is 444. The molecule has 0 bridgehead atoms. The lowest BCUT2D eigenvalue weighted by Crippen LogP contribution is -2.32. The molecule has 0 saturated carbocycles. The summed E-state index contributed by atoms with van der Waals surface area (Å²) in [4.78, 5) is 18.2. The van der Waals surface area contributed by atoms with E-state index < -0.39 is 11.9 Å². The van der Waals surface area contributed by atoms with E-state index in [1.807, 2.05) is 30.3 Å². The number of nitrogens with zero attached hydrogens (tertiary/aromatic N) is 1. The molecule has 0 heterocycles. The van der Waals surface area contributed by atoms with Crippen LogP contribution in [0.25, 0.3) is 0 Å². The maximum Gasteiger partial charge on any atom is 0.414 e. The molecular weight excluding hydrogens is 236 g/mol. The van der Waals surface area contributed by atoms with Crippen molar-refractivity contribution in [2.24, 2.45) is 5.84 Å². The third-order valence-corrected chi connectivity index (χ3v) is 2.31. The summed E-state index contributed by atoms with van der Waals surface area (Å²) in [6.07, 6.45) is 4.42. The van der Waals surface area contributed by atoms with Crippen LogP contribution in [0, 0.1) is 0 Å². The van der Waals surface area contributed by atoms with E-state index in [-0.39, 0.29) is 0 Å². The molecule has 0 spiro atoms. The third kappa shape index (κ3) is 3.91. The highest BCUT2D eigenvalue weighted by atomic mass is 16.4. The van der Waals surface area contributed by atoms with Crippen molar-refractivity contribution in [3.05, 3.63) is 42.1 Å². The van der Waals surface area contributed by atoms with Crippen molar-refractivity contribution < 1.29 is 19.8 Å². The molecule has 0 fully saturated rings. The molecule has 0 atom stereocenters. The maximum absolute atomic E-state index is 9.10. The molecule has 0 aliphatic heterocycles. The molecular formula is C12H14N2O4. The van der Waals surface area contributed by atoms with Crippen LogP contribution in [0.1, 0.15) is 12.8 Å². The summed E-state index contributed by atoms with van der Waals surface area (Å²) >= 11 is 0. The van der Waals surface area contributed by atoms with Crippen molar-refractivity contribution in [1.82, 2.24) is 0 Å². The van der Waals surface area contributed by atoms with Crippen molar-refractivity contribution in [2.75, 3.05) is 5.01 Å². The van der Waals surface area contributed by atoms with Gasteiger partial charge in [0.25, 0.3) is 0 Å². The Kier molecular flexibility index (Phi) is 4.89. The number of hydrazine groups is 1. The molecule has 4 N–H and O–H groups in total. The van der Waals surface area contributed by atoms with E-state index in [1.54, 1.807) is 5.01 Å². The molecule has 1 aromatic rings. The first-order valence-corrected chi connectivity index (χ1v) is 5.27. The zero-order chi connectivity index (χ0) is 13.5. The lowest BCUT2D eigenvalue weighted by Gasteiger charge is -2.26. The molecule has 0 saturated heterocycles. The predicted molar refractivity (Wildman–Crippen MR) is 65.7 cm³/mol. The number of para-hydroxylation sites is 1. The van der Waals surface area contributed by atoms with Crippen LogP contribution in [0.5, 0.6) is 0 Å². The van der Waals surface area contributed by atoms with Crippen LogP contribution in [0.2, 0.25) is 0 Å². The summed E-state index contributed by atoms with van der Waals surface area (Å²) in [6.45, 7) is 0. The molecule has 0 radical (unpaired) electrons. The van der Waals surface area contributed by atoms with Crippen LogP contribution >= 0.6 is 0 Å². The molecule has 18 heavy (non-hydrogen) atoms. The lowest BCUT2D eigenvalue weighted by atomic mass is 10.1. The van der Waals surface area contributed by atoms with E-state index in [0.29, 0.717) is 0 Å². The monoisotopic (exact) mass is 250 g/mol. The minimum Gasteiger partial charge on any atom is -0.473 e. The van der Waals surface area contributed by atoms with Crippen LogP contribution in [-0.4, -0.2) is 22.2 Å². The van der Waals surface area contributed by atoms with Gasteiger partial charge in [-0.2, -0.15) is 0 Å². The van der Waals surface area contributed by atoms with Crippen molar-refractivity contribution in [1.29, 1.82) is 0 Å². The van der Waals surface area contributed by atoms with E-state index in [2.05, 4.69) is 6.08 Å². The minimum absolute atomic E-state index is 1.06. The van der Waals surface area contributed by atoms with Gasteiger partial charge in [0.15, 0.2) is 0 Å². The van der Waals surface area contributed by atoms with Gasteiger partial charge in [0.05, 0.1) is 5.69 Å². The number of anilines is 1. The molecule has 6 nitrogen and oxygen atoms in total. The first-order valence-electron chi connectivity index (χ1n) is 5.27. The first-order chi connectivity index (χ1) is 8.52. The highest BCUT2D eigenvalue weighted by molar-refractivity contribution is 6.27. The van der Waals surface area contributed by atoms with Crippen LogP contribution in [-0.2, 0) is 9.59 Å². The lowest BCUT2D eigenvalue weighted by molar-refractivity contribution is -0.159. The SMILES string of the molecule is NN(C1=CCC1)c1ccccc1.O=C(O)C(=O)O. The number of benzene rings is 1. The van der Waals surface area contributed by atoms with Crippen LogP contribution in [0.15, 0.2) is 42.1 Å². The van der Waals surface area contributed by atoms with Crippen LogP contribution in [0.3, 0.4) is 0 Å². The maximum atomic E-state index is 9.10. The van der Waals surface area contributed by atoms with Crippen molar-refractivity contribution in [3.63, 3.8) is 0 Å². The summed E-state index contributed by atoms with van der Waals surface area (Å²) in [5.41, 5.74) is 2.28. The second kappa shape index (κ2) is 6.41. The van der Waals surface area contributed by atoms with E-state index in [4.69, 9.17) is 25.6 Å². The van der Waals surface area contributed by atoms with Crippen LogP contribution < -0.4 is 10.9 Å². The Morgan fingerprint density at radius 1 is 1.11 bits per heavy atom. The third-order valence-electron chi connectivity index (χ3n) is 2.31. The Labute approximate surface area is 104 Å². The highest BCUT2D eigenvalue weighted by Gasteiger charge is 2.11. The Hall–Kier alpha value is -2.34. The topological polar surface area (TPSA) is 104 Å². The van der Waals surface area contributed by atoms with Crippen LogP contribution in [0.4, 0.5) is 5.69 Å². The number of hydrogen-bond donors (Lipinski definition) is 3. The van der Waals surface area contributed by atoms with Gasteiger partial charge in [-0.3, -0.25) is 5.01 Å². The second-order valence-corrected chi connectivity index (χ2v) is 3.55. The Morgan fingerprint density at radius 2 is 1.61 bits per heavy atom. The number of carbonyl (C=O) groups is 2. The summed E-state index contributed by atoms with van der Waals surface area (Å²) in [6, 6.07) is 10.0. The number of rotatable bonds is 2. The zero-order valence-corrected chi connectivity index (χ0v) is 9.61. The number of aliphatic carboxylic acids is 2. The fourth-order valence-corrected chi connectivity index (χ4v) is 1.25. The fourth-order valence-electron chi connectivity index (χ4n) is 1.25. The number of nitrogens with two attached hydrogens (primary N) is 1. The van der Waals surface area contributed by atoms with Gasteiger partial charge >= 0.3 is 11.9 Å². The van der Waals surface area contributed by atoms with Gasteiger partial charge in [0, 0.05) is 5.70 Å². The standard InChI is InChI=1S/C10H12N2.C2H2O4/c11-12(10-7-4-8-10)9-5-2-1-3-6-9;3-1(4)2(5)6/h1-3,5-7H,4,8,11H2;(H,3,4)(H,5,6). The average Bonchev–Trinajstić information content (AvgIpc) is 2.28. The van der Waals surface area contributed by atoms with Crippen molar-refractivity contribution in [3.8, 4) is 0 Å². The molecule has 2 rings (SSSR count). The van der Waals surface area contributed by atoms with E-state index in [1.165, 1.54) is 5.70 Å². The van der Waals surface area contributed by atoms with E-state index >= 15 is 0 Å². The highest BCUT2D eigenvalue weighted by Crippen LogP contribution is 2.24. The normalized spacial score (nSPS) is 12.4. The number of carboxylic acids is 2. The molecule has 1 aromatic carbocycles. The molecule has 1 aliphatic rings. The summed E-state index contributed by atoms with van der Waals surface area (Å²) in [7, 11) is 0. The van der Waals surface area contributed by atoms with Crippen molar-refractivity contribution in [2.45, 2.75) is 12.8 Å². The van der Waals surface area contributed by atoms with E-state index in [0.717, 1.165) is 18.5 Å². The number of hydrogen-bond acceptors (Lipinski definition) is 4. The van der Waals surface area contributed by atoms with Gasteiger partial charge in [-0.1, -0.05) is 24.3 Å². The number of allylic oxidation sites excluding steroid dienone is 2. The predicted octanol–water partition coefficient (Wildman–Crippen LogP) is 1.20. The molecule has 0 unspecified atom stereocenters. The summed E-state index contributed by atoms with van der Waals surface area (Å²) < 4.78 is 0. The summed E-state index contributed by atoms with van der Waals surface area (Å²) in [5.74, 6) is 2.22. The summed E-state index contributed by atoms with van der Waals surface area (Å²) in [5, 5.41) is 16.5. The van der Waals surface area contributed by atoms with Gasteiger partial charge in [-0.05, 0) is 25.0 Å². The Balaban J connectivity index is 0.000000232. The average molecular weight is 250 g/mol. The quantitative estimate of drug-likeness (QED) is 0.414. The van der Waals surface area contributed by atoms with Gasteiger partial charge in [0.2, 0.25) is 0 Å². The number of carboxylic acid groups (broad SMARTS) is 2. The molecule has 6 heteroatoms. The largest absolute Gasteiger partial charge is 0.473 e. The molecule has 1 aliphatic carbocycles. The van der Waals surface area contributed by atoms with Gasteiger partial charge in [-0.15, -0.1) is 0 Å². The van der Waals surface area contributed by atoms with Gasteiger partial charge in [0.1, 0.15) is 0 Å². The van der Waals surface area contributed by atoms with Gasteiger partial charge in [-0.25, -0.2) is 15.4 Å². The van der Waals surface area contributed by atoms with Gasteiger partial charge < -0.3 is 10.2 Å². The minimum atomic E-state index is -1.82. The molecule has 0 aromatic heterocycles. The fraction of sp³-hybridized carbons (Fsp3) is 0.167. The Morgan fingerprint density at radius 3 is 1.94 bits per heavy atom. The zero-order valence-electron chi connectivity index (χ0n) is 9.61.